The number of aryl methyl sites for hydroxylation is 1. The van der Waals surface area contributed by atoms with Crippen LogP contribution < -0.4 is 15.0 Å². The molecular weight excluding hydrogens is 582 g/mol. The van der Waals surface area contributed by atoms with Gasteiger partial charge in [-0.15, -0.1) is 6.42 Å². The van der Waals surface area contributed by atoms with Crippen LogP contribution in [0.15, 0.2) is 47.6 Å². The summed E-state index contributed by atoms with van der Waals surface area (Å²) in [6, 6.07) is 7.14. The van der Waals surface area contributed by atoms with Gasteiger partial charge in [0, 0.05) is 20.9 Å². The van der Waals surface area contributed by atoms with Gasteiger partial charge in [0.2, 0.25) is 0 Å². The number of methoxy groups -OCH3 is 1. The fourth-order valence-corrected chi connectivity index (χ4v) is 4.06. The van der Waals surface area contributed by atoms with Crippen molar-refractivity contribution in [1.82, 2.24) is 9.66 Å². The van der Waals surface area contributed by atoms with Crippen LogP contribution in [0.4, 0.5) is 0 Å². The summed E-state index contributed by atoms with van der Waals surface area (Å²) >= 11 is 10.4. The standard InChI is InChI=1S/C21H16Br3N3O3/c1-4-8-30-20-16(29-3)9-12(18(23)19(20)24)11-25-27-17(5-2)26-15-7-6-13(22)10-14(15)21(27)28/h1,6-7,9-11H,5,8H2,2-3H3. The molecule has 9 heteroatoms. The zero-order valence-electron chi connectivity index (χ0n) is 16.1. The predicted octanol–water partition coefficient (Wildman–Crippen LogP) is 5.15. The maximum atomic E-state index is 13.0. The number of benzene rings is 2. The highest BCUT2D eigenvalue weighted by Crippen LogP contribution is 2.42. The molecule has 3 rings (SSSR count). The van der Waals surface area contributed by atoms with E-state index in [1.54, 1.807) is 18.3 Å². The summed E-state index contributed by atoms with van der Waals surface area (Å²) in [7, 11) is 1.53. The van der Waals surface area contributed by atoms with Crippen LogP contribution in [0.2, 0.25) is 0 Å². The molecule has 0 spiro atoms. The van der Waals surface area contributed by atoms with Crippen molar-refractivity contribution in [2.75, 3.05) is 13.7 Å². The first kappa shape index (κ1) is 22.5. The number of rotatable bonds is 6. The molecule has 0 atom stereocenters. The summed E-state index contributed by atoms with van der Waals surface area (Å²) in [6.45, 7) is 2.02. The molecule has 0 aliphatic heterocycles. The SMILES string of the molecule is C#CCOc1c(OC)cc(C=Nn2c(CC)nc3ccc(Br)cc3c2=O)c(Br)c1Br. The van der Waals surface area contributed by atoms with Crippen molar-refractivity contribution in [3.8, 4) is 23.8 Å². The Bertz CT molecular complexity index is 1250. The highest BCUT2D eigenvalue weighted by molar-refractivity contribution is 9.13. The van der Waals surface area contributed by atoms with E-state index < -0.39 is 0 Å². The lowest BCUT2D eigenvalue weighted by atomic mass is 10.2. The maximum absolute atomic E-state index is 13.0. The second-order valence-corrected chi connectivity index (χ2v) is 8.52. The molecule has 0 aliphatic carbocycles. The Hall–Kier alpha value is -2.15. The second-order valence-electron chi connectivity index (χ2n) is 6.02. The monoisotopic (exact) mass is 595 g/mol. The summed E-state index contributed by atoms with van der Waals surface area (Å²) in [4.78, 5) is 17.6. The summed E-state index contributed by atoms with van der Waals surface area (Å²) in [5.74, 6) is 3.93. The average molecular weight is 598 g/mol. The van der Waals surface area contributed by atoms with Gasteiger partial charge >= 0.3 is 0 Å². The largest absolute Gasteiger partial charge is 0.493 e. The first-order valence-corrected chi connectivity index (χ1v) is 11.2. The molecule has 154 valence electrons. The van der Waals surface area contributed by atoms with Crippen LogP contribution in [0, 0.1) is 12.3 Å². The van der Waals surface area contributed by atoms with Crippen molar-refractivity contribution >= 4 is 64.9 Å². The molecular formula is C21H16Br3N3O3. The molecule has 30 heavy (non-hydrogen) atoms. The van der Waals surface area contributed by atoms with Crippen LogP contribution in [0.25, 0.3) is 10.9 Å². The van der Waals surface area contributed by atoms with Crippen LogP contribution >= 0.6 is 47.8 Å². The van der Waals surface area contributed by atoms with Gasteiger partial charge in [0.05, 0.1) is 28.7 Å². The van der Waals surface area contributed by atoms with Crippen LogP contribution in [0.3, 0.4) is 0 Å². The van der Waals surface area contributed by atoms with E-state index in [4.69, 9.17) is 15.9 Å². The number of hydrogen-bond donors (Lipinski definition) is 0. The first-order chi connectivity index (χ1) is 14.4. The normalized spacial score (nSPS) is 11.1. The van der Waals surface area contributed by atoms with Crippen LogP contribution in [0.1, 0.15) is 18.3 Å². The lowest BCUT2D eigenvalue weighted by Gasteiger charge is -2.14. The molecule has 3 aromatic rings. The molecule has 0 aliphatic rings. The lowest BCUT2D eigenvalue weighted by Crippen LogP contribution is -2.22. The zero-order valence-corrected chi connectivity index (χ0v) is 20.8. The molecule has 6 nitrogen and oxygen atoms in total. The molecule has 2 aromatic carbocycles. The van der Waals surface area contributed by atoms with Gasteiger partial charge in [0.25, 0.3) is 5.56 Å². The van der Waals surface area contributed by atoms with Crippen molar-refractivity contribution < 1.29 is 9.47 Å². The smallest absolute Gasteiger partial charge is 0.282 e. The summed E-state index contributed by atoms with van der Waals surface area (Å²) in [6.07, 6.45) is 7.39. The molecule has 0 saturated heterocycles. The highest BCUT2D eigenvalue weighted by Gasteiger charge is 2.17. The molecule has 0 saturated carbocycles. The minimum Gasteiger partial charge on any atom is -0.493 e. The Kier molecular flexibility index (Phi) is 7.34. The molecule has 0 unspecified atom stereocenters. The number of ether oxygens (including phenoxy) is 2. The number of aromatic nitrogens is 2. The fourth-order valence-electron chi connectivity index (χ4n) is 2.76. The molecule has 0 radical (unpaired) electrons. The number of fused-ring (bicyclic) bond motifs is 1. The van der Waals surface area contributed by atoms with E-state index in [9.17, 15) is 4.79 Å². The third kappa shape index (κ3) is 4.46. The zero-order chi connectivity index (χ0) is 21.8. The van der Waals surface area contributed by atoms with Crippen molar-refractivity contribution in [2.45, 2.75) is 13.3 Å². The van der Waals surface area contributed by atoms with Gasteiger partial charge in [0.1, 0.15) is 12.4 Å². The number of halogens is 3. The van der Waals surface area contributed by atoms with E-state index in [0.717, 1.165) is 4.47 Å². The topological polar surface area (TPSA) is 65.7 Å². The molecule has 1 aromatic heterocycles. The van der Waals surface area contributed by atoms with Crippen molar-refractivity contribution in [3.05, 3.63) is 59.4 Å². The minimum absolute atomic E-state index is 0.0996. The van der Waals surface area contributed by atoms with Gasteiger partial charge < -0.3 is 9.47 Å². The molecule has 0 bridgehead atoms. The highest BCUT2D eigenvalue weighted by atomic mass is 79.9. The Labute approximate surface area is 198 Å². The quantitative estimate of drug-likeness (QED) is 0.291. The van der Waals surface area contributed by atoms with Gasteiger partial charge in [-0.05, 0) is 56.1 Å². The second kappa shape index (κ2) is 9.77. The van der Waals surface area contributed by atoms with Crippen LogP contribution in [-0.4, -0.2) is 29.6 Å². The maximum Gasteiger partial charge on any atom is 0.282 e. The van der Waals surface area contributed by atoms with Crippen molar-refractivity contribution in [1.29, 1.82) is 0 Å². The molecule has 1 heterocycles. The third-order valence-corrected chi connectivity index (χ3v) is 6.82. The van der Waals surface area contributed by atoms with Crippen LogP contribution in [-0.2, 0) is 6.42 Å². The van der Waals surface area contributed by atoms with E-state index in [0.29, 0.717) is 49.2 Å². The summed E-state index contributed by atoms with van der Waals surface area (Å²) in [5.41, 5.74) is 1.06. The van der Waals surface area contributed by atoms with Gasteiger partial charge in [0.15, 0.2) is 11.5 Å². The van der Waals surface area contributed by atoms with Crippen molar-refractivity contribution in [3.63, 3.8) is 0 Å². The first-order valence-electron chi connectivity index (χ1n) is 8.79. The van der Waals surface area contributed by atoms with Gasteiger partial charge in [-0.1, -0.05) is 28.8 Å². The van der Waals surface area contributed by atoms with E-state index in [2.05, 4.69) is 63.8 Å². The average Bonchev–Trinajstić information content (AvgIpc) is 2.75. The Balaban J connectivity index is 2.13. The molecule has 0 amide bonds. The fraction of sp³-hybridized carbons (Fsp3) is 0.190. The number of terminal acetylenes is 1. The van der Waals surface area contributed by atoms with E-state index in [-0.39, 0.29) is 12.2 Å². The predicted molar refractivity (Wildman–Crippen MR) is 129 cm³/mol. The van der Waals surface area contributed by atoms with Crippen molar-refractivity contribution in [2.24, 2.45) is 5.10 Å². The van der Waals surface area contributed by atoms with E-state index >= 15 is 0 Å². The summed E-state index contributed by atoms with van der Waals surface area (Å²) in [5, 5.41) is 4.90. The van der Waals surface area contributed by atoms with Gasteiger partial charge in [-0.25, -0.2) is 4.98 Å². The van der Waals surface area contributed by atoms with Crippen LogP contribution in [0.5, 0.6) is 11.5 Å². The Morgan fingerprint density at radius 2 is 2.03 bits per heavy atom. The number of hydrogen-bond acceptors (Lipinski definition) is 5. The number of nitrogens with zero attached hydrogens (tertiary/aromatic N) is 3. The van der Waals surface area contributed by atoms with Gasteiger partial charge in [-0.3, -0.25) is 4.79 Å². The van der Waals surface area contributed by atoms with Gasteiger partial charge in [-0.2, -0.15) is 9.78 Å². The van der Waals surface area contributed by atoms with E-state index in [1.165, 1.54) is 11.8 Å². The lowest BCUT2D eigenvalue weighted by molar-refractivity contribution is 0.328. The molecule has 0 N–H and O–H groups in total. The minimum atomic E-state index is -0.245. The van der Waals surface area contributed by atoms with E-state index in [1.807, 2.05) is 19.1 Å². The Morgan fingerprint density at radius 1 is 1.27 bits per heavy atom. The summed E-state index contributed by atoms with van der Waals surface area (Å²) < 4.78 is 14.4. The molecule has 0 fully saturated rings. The third-order valence-electron chi connectivity index (χ3n) is 4.18. The Morgan fingerprint density at radius 3 is 2.70 bits per heavy atom.